The van der Waals surface area contributed by atoms with E-state index in [4.69, 9.17) is 14.2 Å². The van der Waals surface area contributed by atoms with Gasteiger partial charge in [-0.2, -0.15) is 0 Å². The van der Waals surface area contributed by atoms with Gasteiger partial charge in [-0.15, -0.1) is 0 Å². The summed E-state index contributed by atoms with van der Waals surface area (Å²) in [5, 5.41) is 0. The van der Waals surface area contributed by atoms with Crippen molar-refractivity contribution in [3.05, 3.63) is 17.7 Å². The number of esters is 1. The normalized spacial score (nSPS) is 9.71. The van der Waals surface area contributed by atoms with E-state index in [9.17, 15) is 14.4 Å². The molecule has 7 nitrogen and oxygen atoms in total. The minimum atomic E-state index is -1.26. The largest absolute Gasteiger partial charge is 0.493 e. The first kappa shape index (κ1) is 16.5. The molecule has 0 aliphatic heterocycles. The SMILES string of the molecule is CCOC(=O)C(=O)C(=O)c1cc(OC)c(OC)c(OC)c1. The Morgan fingerprint density at radius 2 is 1.48 bits per heavy atom. The number of Topliss-reactive ketones (excluding diaryl/α,β-unsaturated/α-hetero) is 2. The summed E-state index contributed by atoms with van der Waals surface area (Å²) in [5.74, 6) is -2.77. The molecule has 21 heavy (non-hydrogen) atoms. The van der Waals surface area contributed by atoms with Crippen LogP contribution in [-0.4, -0.2) is 45.5 Å². The summed E-state index contributed by atoms with van der Waals surface area (Å²) >= 11 is 0. The summed E-state index contributed by atoms with van der Waals surface area (Å²) < 4.78 is 19.8. The summed E-state index contributed by atoms with van der Waals surface area (Å²) in [6.07, 6.45) is 0. The van der Waals surface area contributed by atoms with Gasteiger partial charge in [-0.25, -0.2) is 4.79 Å². The van der Waals surface area contributed by atoms with E-state index in [0.29, 0.717) is 0 Å². The molecule has 7 heteroatoms. The number of hydrogen-bond donors (Lipinski definition) is 0. The van der Waals surface area contributed by atoms with Crippen LogP contribution in [0.4, 0.5) is 0 Å². The second-order valence-electron chi connectivity index (χ2n) is 3.79. The molecular formula is C14H16O7. The lowest BCUT2D eigenvalue weighted by molar-refractivity contribution is -0.151. The van der Waals surface area contributed by atoms with Gasteiger partial charge in [0.2, 0.25) is 11.5 Å². The van der Waals surface area contributed by atoms with Crippen molar-refractivity contribution in [2.24, 2.45) is 0 Å². The van der Waals surface area contributed by atoms with E-state index in [1.54, 1.807) is 0 Å². The molecule has 114 valence electrons. The topological polar surface area (TPSA) is 88.1 Å². The highest BCUT2D eigenvalue weighted by molar-refractivity contribution is 6.65. The van der Waals surface area contributed by atoms with Crippen LogP contribution in [0.1, 0.15) is 17.3 Å². The van der Waals surface area contributed by atoms with Gasteiger partial charge >= 0.3 is 11.8 Å². The summed E-state index contributed by atoms with van der Waals surface area (Å²) in [6, 6.07) is 2.58. The van der Waals surface area contributed by atoms with Crippen LogP contribution >= 0.6 is 0 Å². The van der Waals surface area contributed by atoms with Crippen molar-refractivity contribution in [2.75, 3.05) is 27.9 Å². The zero-order valence-electron chi connectivity index (χ0n) is 12.2. The molecule has 0 atom stereocenters. The van der Waals surface area contributed by atoms with E-state index < -0.39 is 17.5 Å². The Balaban J connectivity index is 3.22. The fourth-order valence-corrected chi connectivity index (χ4v) is 1.63. The van der Waals surface area contributed by atoms with Gasteiger partial charge in [0.25, 0.3) is 0 Å². The van der Waals surface area contributed by atoms with Crippen LogP contribution in [0.25, 0.3) is 0 Å². The van der Waals surface area contributed by atoms with Gasteiger partial charge in [-0.3, -0.25) is 9.59 Å². The van der Waals surface area contributed by atoms with Gasteiger partial charge in [0.05, 0.1) is 27.9 Å². The number of ketones is 2. The third-order valence-electron chi connectivity index (χ3n) is 2.59. The van der Waals surface area contributed by atoms with E-state index in [1.165, 1.54) is 40.4 Å². The monoisotopic (exact) mass is 296 g/mol. The molecule has 0 aliphatic carbocycles. The highest BCUT2D eigenvalue weighted by atomic mass is 16.5. The molecule has 0 aliphatic rings. The lowest BCUT2D eigenvalue weighted by Crippen LogP contribution is -2.26. The fourth-order valence-electron chi connectivity index (χ4n) is 1.63. The maximum atomic E-state index is 12.0. The predicted molar refractivity (Wildman–Crippen MR) is 72.1 cm³/mol. The molecule has 1 rings (SSSR count). The quantitative estimate of drug-likeness (QED) is 0.321. The van der Waals surface area contributed by atoms with Crippen molar-refractivity contribution in [1.82, 2.24) is 0 Å². The maximum Gasteiger partial charge on any atom is 0.383 e. The Kier molecular flexibility index (Phi) is 5.71. The lowest BCUT2D eigenvalue weighted by Gasteiger charge is -2.13. The van der Waals surface area contributed by atoms with E-state index in [1.807, 2.05) is 0 Å². The molecule has 1 aromatic carbocycles. The summed E-state index contributed by atoms with van der Waals surface area (Å²) in [7, 11) is 4.16. The second-order valence-corrected chi connectivity index (χ2v) is 3.79. The smallest absolute Gasteiger partial charge is 0.383 e. The molecule has 0 heterocycles. The van der Waals surface area contributed by atoms with Crippen LogP contribution in [0, 0.1) is 0 Å². The van der Waals surface area contributed by atoms with Crippen LogP contribution < -0.4 is 14.2 Å². The van der Waals surface area contributed by atoms with E-state index in [-0.39, 0.29) is 29.4 Å². The van der Waals surface area contributed by atoms with Crippen LogP contribution in [-0.2, 0) is 14.3 Å². The summed E-state index contributed by atoms with van der Waals surface area (Å²) in [4.78, 5) is 35.0. The van der Waals surface area contributed by atoms with Gasteiger partial charge in [0, 0.05) is 5.56 Å². The van der Waals surface area contributed by atoms with E-state index in [0.717, 1.165) is 0 Å². The maximum absolute atomic E-state index is 12.0. The van der Waals surface area contributed by atoms with Crippen LogP contribution in [0.2, 0.25) is 0 Å². The molecule has 0 aromatic heterocycles. The lowest BCUT2D eigenvalue weighted by atomic mass is 10.1. The fraction of sp³-hybridized carbons (Fsp3) is 0.357. The predicted octanol–water partition coefficient (Wildman–Crippen LogP) is 1.03. The number of hydrogen-bond acceptors (Lipinski definition) is 7. The number of methoxy groups -OCH3 is 3. The highest BCUT2D eigenvalue weighted by Gasteiger charge is 2.27. The Labute approximate surface area is 121 Å². The first-order valence-electron chi connectivity index (χ1n) is 6.05. The van der Waals surface area contributed by atoms with E-state index in [2.05, 4.69) is 4.74 Å². The Morgan fingerprint density at radius 1 is 0.952 bits per heavy atom. The van der Waals surface area contributed by atoms with Gasteiger partial charge in [0.1, 0.15) is 0 Å². The zero-order valence-corrected chi connectivity index (χ0v) is 12.2. The van der Waals surface area contributed by atoms with Crippen molar-refractivity contribution in [3.8, 4) is 17.2 Å². The summed E-state index contributed by atoms with van der Waals surface area (Å²) in [5.41, 5.74) is -0.0532. The molecule has 0 fully saturated rings. The number of ether oxygens (including phenoxy) is 4. The molecule has 0 spiro atoms. The van der Waals surface area contributed by atoms with Crippen LogP contribution in [0.5, 0.6) is 17.2 Å². The average molecular weight is 296 g/mol. The third-order valence-corrected chi connectivity index (χ3v) is 2.59. The number of rotatable bonds is 7. The Bertz CT molecular complexity index is 537. The zero-order chi connectivity index (χ0) is 16.0. The molecule has 1 aromatic rings. The standard InChI is InChI=1S/C14H16O7/c1-5-21-14(17)12(16)11(15)8-6-9(18-2)13(20-4)10(7-8)19-3/h6-7H,5H2,1-4H3. The minimum Gasteiger partial charge on any atom is -0.493 e. The molecule has 0 N–H and O–H groups in total. The highest BCUT2D eigenvalue weighted by Crippen LogP contribution is 2.38. The molecular weight excluding hydrogens is 280 g/mol. The van der Waals surface area contributed by atoms with Gasteiger partial charge in [-0.1, -0.05) is 0 Å². The van der Waals surface area contributed by atoms with Gasteiger partial charge < -0.3 is 18.9 Å². The average Bonchev–Trinajstić information content (AvgIpc) is 2.51. The molecule has 0 radical (unpaired) electrons. The summed E-state index contributed by atoms with van der Waals surface area (Å²) in [6.45, 7) is 1.54. The van der Waals surface area contributed by atoms with Crippen LogP contribution in [0.3, 0.4) is 0 Å². The van der Waals surface area contributed by atoms with Gasteiger partial charge in [0.15, 0.2) is 11.5 Å². The van der Waals surface area contributed by atoms with Crippen molar-refractivity contribution < 1.29 is 33.3 Å². The molecule has 0 saturated heterocycles. The first-order valence-corrected chi connectivity index (χ1v) is 6.05. The van der Waals surface area contributed by atoms with Crippen molar-refractivity contribution >= 4 is 17.5 Å². The molecule has 0 saturated carbocycles. The minimum absolute atomic E-state index is 0.00705. The molecule has 0 bridgehead atoms. The van der Waals surface area contributed by atoms with Crippen molar-refractivity contribution in [1.29, 1.82) is 0 Å². The first-order chi connectivity index (χ1) is 9.99. The third kappa shape index (κ3) is 3.50. The van der Waals surface area contributed by atoms with Crippen LogP contribution in [0.15, 0.2) is 12.1 Å². The van der Waals surface area contributed by atoms with Crippen molar-refractivity contribution in [3.63, 3.8) is 0 Å². The van der Waals surface area contributed by atoms with E-state index >= 15 is 0 Å². The van der Waals surface area contributed by atoms with Crippen molar-refractivity contribution in [2.45, 2.75) is 6.92 Å². The number of carbonyl (C=O) groups is 3. The Morgan fingerprint density at radius 3 is 1.86 bits per heavy atom. The number of benzene rings is 1. The molecule has 0 unspecified atom stereocenters. The molecule has 0 amide bonds. The number of carbonyl (C=O) groups excluding carboxylic acids is 3. The second kappa shape index (κ2) is 7.28. The Hall–Kier alpha value is -2.57. The van der Waals surface area contributed by atoms with Gasteiger partial charge in [-0.05, 0) is 19.1 Å².